The average molecular weight is 498 g/mol. The summed E-state index contributed by atoms with van der Waals surface area (Å²) < 4.78 is 0. The van der Waals surface area contributed by atoms with Crippen LogP contribution in [0.3, 0.4) is 0 Å². The maximum Gasteiger partial charge on any atom is 0.276 e. The van der Waals surface area contributed by atoms with Gasteiger partial charge >= 0.3 is 0 Å². The van der Waals surface area contributed by atoms with E-state index in [0.717, 1.165) is 66.2 Å². The number of pyridine rings is 1. The number of benzene rings is 1. The molecule has 1 aromatic carbocycles. The number of nitrogens with zero attached hydrogens (tertiary/aromatic N) is 5. The highest BCUT2D eigenvalue weighted by Gasteiger charge is 2.17. The molecule has 0 saturated carbocycles. The largest absolute Gasteiger partial charge is 0.370 e. The first kappa shape index (κ1) is 24.9. The Bertz CT molecular complexity index is 1310. The Labute approximate surface area is 218 Å². The summed E-state index contributed by atoms with van der Waals surface area (Å²) in [6, 6.07) is 9.93. The van der Waals surface area contributed by atoms with E-state index in [9.17, 15) is 4.79 Å². The topological polar surface area (TPSA) is 89.5 Å². The zero-order chi connectivity index (χ0) is 25.6. The molecule has 2 saturated heterocycles. The van der Waals surface area contributed by atoms with Gasteiger partial charge in [0.2, 0.25) is 0 Å². The number of aromatic amines is 1. The van der Waals surface area contributed by atoms with Gasteiger partial charge in [0.15, 0.2) is 5.69 Å². The highest BCUT2D eigenvalue weighted by Crippen LogP contribution is 2.26. The number of hydrogen-bond acceptors (Lipinski definition) is 6. The van der Waals surface area contributed by atoms with Crippen molar-refractivity contribution in [1.29, 1.82) is 0 Å². The molecule has 0 aliphatic carbocycles. The molecule has 1 amide bonds. The van der Waals surface area contributed by atoms with Gasteiger partial charge in [-0.25, -0.2) is 0 Å². The summed E-state index contributed by atoms with van der Waals surface area (Å²) in [6.45, 7) is 10.9. The summed E-state index contributed by atoms with van der Waals surface area (Å²) in [5.41, 5.74) is 6.05. The molecule has 192 valence electrons. The van der Waals surface area contributed by atoms with E-state index in [1.807, 2.05) is 36.5 Å². The van der Waals surface area contributed by atoms with Crippen LogP contribution in [0, 0.1) is 0 Å². The molecule has 4 heterocycles. The van der Waals surface area contributed by atoms with Gasteiger partial charge < -0.3 is 10.2 Å². The van der Waals surface area contributed by atoms with E-state index in [1.165, 1.54) is 32.1 Å². The van der Waals surface area contributed by atoms with Crippen molar-refractivity contribution in [2.24, 2.45) is 4.99 Å². The van der Waals surface area contributed by atoms with Crippen molar-refractivity contribution < 1.29 is 4.79 Å². The monoisotopic (exact) mass is 497 g/mol. The normalized spacial score (nSPS) is 17.4. The summed E-state index contributed by atoms with van der Waals surface area (Å²) in [6.07, 6.45) is 11.9. The van der Waals surface area contributed by atoms with Crippen molar-refractivity contribution in [3.63, 3.8) is 0 Å². The van der Waals surface area contributed by atoms with E-state index < -0.39 is 0 Å². The molecule has 0 unspecified atom stereocenters. The number of fused-ring (bicyclic) bond motifs is 1. The van der Waals surface area contributed by atoms with E-state index >= 15 is 0 Å². The van der Waals surface area contributed by atoms with E-state index in [2.05, 4.69) is 55.0 Å². The molecular weight excluding hydrogens is 462 g/mol. The molecule has 8 heteroatoms. The van der Waals surface area contributed by atoms with E-state index in [0.29, 0.717) is 11.4 Å². The number of carbonyl (C=O) groups excluding carboxylic acids is 1. The molecule has 0 atom stereocenters. The number of rotatable bonds is 8. The van der Waals surface area contributed by atoms with Gasteiger partial charge in [-0.3, -0.25) is 24.8 Å². The van der Waals surface area contributed by atoms with Gasteiger partial charge in [0.05, 0.1) is 28.8 Å². The van der Waals surface area contributed by atoms with Gasteiger partial charge in [-0.05, 0) is 100 Å². The minimum absolute atomic E-state index is 0.260. The third-order valence-corrected chi connectivity index (χ3v) is 7.21. The summed E-state index contributed by atoms with van der Waals surface area (Å²) in [5, 5.41) is 11.0. The molecule has 0 spiro atoms. The molecule has 3 aromatic rings. The zero-order valence-electron chi connectivity index (χ0n) is 21.5. The Kier molecular flexibility index (Phi) is 7.75. The first-order valence-electron chi connectivity index (χ1n) is 13.2. The Balaban J connectivity index is 1.32. The van der Waals surface area contributed by atoms with Crippen LogP contribution in [0.1, 0.15) is 60.8 Å². The molecular formula is C29H35N7O. The number of anilines is 1. The SMILES string of the molecule is C=N/C=C(\C=C(/C)c1ccc2[nH]nc(C(=O)Nc3ccc(CN4CCCC4)nc3)c2c1)N1CCCCC1. The minimum atomic E-state index is -0.260. The molecule has 2 fully saturated rings. The highest BCUT2D eigenvalue weighted by molar-refractivity contribution is 6.11. The third-order valence-electron chi connectivity index (χ3n) is 7.21. The Morgan fingerprint density at radius 2 is 1.89 bits per heavy atom. The van der Waals surface area contributed by atoms with Crippen molar-refractivity contribution in [3.05, 3.63) is 71.5 Å². The van der Waals surface area contributed by atoms with Crippen LogP contribution in [0.15, 0.2) is 59.5 Å². The Morgan fingerprint density at radius 1 is 1.11 bits per heavy atom. The van der Waals surface area contributed by atoms with Crippen molar-refractivity contribution in [3.8, 4) is 0 Å². The van der Waals surface area contributed by atoms with Gasteiger partial charge in [-0.1, -0.05) is 6.07 Å². The van der Waals surface area contributed by atoms with Crippen LogP contribution >= 0.6 is 0 Å². The molecule has 0 bridgehead atoms. The predicted molar refractivity (Wildman–Crippen MR) is 150 cm³/mol. The van der Waals surface area contributed by atoms with Crippen molar-refractivity contribution >= 4 is 34.8 Å². The van der Waals surface area contributed by atoms with E-state index in [-0.39, 0.29) is 5.91 Å². The van der Waals surface area contributed by atoms with Crippen LogP contribution in [0.4, 0.5) is 5.69 Å². The number of aliphatic imine (C=N–C) groups is 1. The van der Waals surface area contributed by atoms with E-state index in [4.69, 9.17) is 0 Å². The number of likely N-dealkylation sites (tertiary alicyclic amines) is 2. The lowest BCUT2D eigenvalue weighted by atomic mass is 10.0. The molecule has 0 radical (unpaired) electrons. The number of aromatic nitrogens is 3. The smallest absolute Gasteiger partial charge is 0.276 e. The lowest BCUT2D eigenvalue weighted by Gasteiger charge is -2.29. The standard InChI is InChI=1S/C29H35N7O/c1-21(16-25(19-30-2)36-14-4-3-5-15-36)22-8-11-27-26(17-22)28(34-33-27)29(37)32-23-9-10-24(31-18-23)20-35-12-6-7-13-35/h8-11,16-19H,2-7,12-15,20H2,1H3,(H,32,37)(H,33,34)/b21-16+,25-19+. The predicted octanol–water partition coefficient (Wildman–Crippen LogP) is 5.24. The van der Waals surface area contributed by atoms with Gasteiger partial charge in [-0.15, -0.1) is 0 Å². The minimum Gasteiger partial charge on any atom is -0.370 e. The van der Waals surface area contributed by atoms with Crippen molar-refractivity contribution in [2.45, 2.75) is 45.6 Å². The molecule has 2 aromatic heterocycles. The number of carbonyl (C=O) groups is 1. The van der Waals surface area contributed by atoms with E-state index in [1.54, 1.807) is 6.20 Å². The second-order valence-corrected chi connectivity index (χ2v) is 9.92. The molecule has 5 rings (SSSR count). The van der Waals surface area contributed by atoms with Gasteiger partial charge in [0, 0.05) is 31.2 Å². The number of hydrogen-bond donors (Lipinski definition) is 2. The molecule has 2 aliphatic rings. The molecule has 2 aliphatic heterocycles. The van der Waals surface area contributed by atoms with Crippen LogP contribution < -0.4 is 5.32 Å². The quantitative estimate of drug-likeness (QED) is 0.328. The molecule has 2 N–H and O–H groups in total. The number of nitrogens with one attached hydrogen (secondary N) is 2. The number of amides is 1. The molecule has 37 heavy (non-hydrogen) atoms. The fraction of sp³-hybridized carbons (Fsp3) is 0.379. The van der Waals surface area contributed by atoms with Crippen molar-refractivity contribution in [2.75, 3.05) is 31.5 Å². The van der Waals surface area contributed by atoms with Gasteiger partial charge in [0.25, 0.3) is 5.91 Å². The Morgan fingerprint density at radius 3 is 2.62 bits per heavy atom. The second-order valence-electron chi connectivity index (χ2n) is 9.92. The summed E-state index contributed by atoms with van der Waals surface area (Å²) in [7, 11) is 0. The molecule has 8 nitrogen and oxygen atoms in total. The first-order valence-corrected chi connectivity index (χ1v) is 13.2. The highest BCUT2D eigenvalue weighted by atomic mass is 16.1. The van der Waals surface area contributed by atoms with Crippen LogP contribution in [-0.4, -0.2) is 63.8 Å². The number of piperidine rings is 1. The van der Waals surface area contributed by atoms with Crippen LogP contribution in [0.25, 0.3) is 16.5 Å². The van der Waals surface area contributed by atoms with Crippen molar-refractivity contribution in [1.82, 2.24) is 25.0 Å². The maximum absolute atomic E-state index is 13.1. The summed E-state index contributed by atoms with van der Waals surface area (Å²) >= 11 is 0. The van der Waals surface area contributed by atoms with Crippen LogP contribution in [0.5, 0.6) is 0 Å². The lowest BCUT2D eigenvalue weighted by Crippen LogP contribution is -2.28. The fourth-order valence-corrected chi connectivity index (χ4v) is 5.15. The number of allylic oxidation sites excluding steroid dienone is 2. The number of H-pyrrole nitrogens is 1. The third kappa shape index (κ3) is 5.97. The first-order chi connectivity index (χ1) is 18.1. The Hall–Kier alpha value is -3.78. The maximum atomic E-state index is 13.1. The van der Waals surface area contributed by atoms with Gasteiger partial charge in [0.1, 0.15) is 0 Å². The zero-order valence-corrected chi connectivity index (χ0v) is 21.5. The summed E-state index contributed by atoms with van der Waals surface area (Å²) in [4.78, 5) is 26.5. The fourth-order valence-electron chi connectivity index (χ4n) is 5.15. The second kappa shape index (κ2) is 11.5. The lowest BCUT2D eigenvalue weighted by molar-refractivity contribution is 0.102. The van der Waals surface area contributed by atoms with Crippen LogP contribution in [0.2, 0.25) is 0 Å². The summed E-state index contributed by atoms with van der Waals surface area (Å²) in [5.74, 6) is -0.260. The average Bonchev–Trinajstić information content (AvgIpc) is 3.59. The van der Waals surface area contributed by atoms with Crippen LogP contribution in [-0.2, 0) is 6.54 Å². The van der Waals surface area contributed by atoms with Gasteiger partial charge in [-0.2, -0.15) is 5.10 Å².